The predicted octanol–water partition coefficient (Wildman–Crippen LogP) is 2.72. The fourth-order valence-electron chi connectivity index (χ4n) is 2.12. The zero-order valence-corrected chi connectivity index (χ0v) is 10.5. The normalized spacial score (nSPS) is 18.9. The Kier molecular flexibility index (Phi) is 3.82. The molecule has 0 unspecified atom stereocenters. The molecule has 1 aliphatic rings. The molecule has 0 aromatic heterocycles. The first-order valence-electron chi connectivity index (χ1n) is 5.62. The summed E-state index contributed by atoms with van der Waals surface area (Å²) in [5.74, 6) is -0.0473. The van der Waals surface area contributed by atoms with Gasteiger partial charge >= 0.3 is 0 Å². The first-order valence-corrected chi connectivity index (χ1v) is 6.00. The number of ketones is 1. The third kappa shape index (κ3) is 2.37. The monoisotopic (exact) mass is 254 g/mol. The van der Waals surface area contributed by atoms with Crippen LogP contribution in [-0.4, -0.2) is 31.7 Å². The van der Waals surface area contributed by atoms with E-state index >= 15 is 0 Å². The van der Waals surface area contributed by atoms with Gasteiger partial charge in [-0.05, 0) is 12.1 Å². The van der Waals surface area contributed by atoms with Crippen molar-refractivity contribution in [1.82, 2.24) is 0 Å². The number of rotatable bonds is 3. The molecule has 1 fully saturated rings. The first kappa shape index (κ1) is 12.6. The fourth-order valence-corrected chi connectivity index (χ4v) is 2.34. The van der Waals surface area contributed by atoms with E-state index in [9.17, 15) is 4.79 Å². The molecule has 2 rings (SSSR count). The van der Waals surface area contributed by atoms with Gasteiger partial charge in [-0.2, -0.15) is 0 Å². The average molecular weight is 255 g/mol. The zero-order chi connectivity index (χ0) is 12.3. The summed E-state index contributed by atoms with van der Waals surface area (Å²) in [4.78, 5) is 12.5. The van der Waals surface area contributed by atoms with Gasteiger partial charge in [0.25, 0.3) is 0 Å². The fraction of sp³-hybridized carbons (Fsp3) is 0.462. The van der Waals surface area contributed by atoms with Crippen LogP contribution in [0.1, 0.15) is 23.2 Å². The van der Waals surface area contributed by atoms with Crippen LogP contribution < -0.4 is 0 Å². The molecule has 92 valence electrons. The second-order valence-corrected chi connectivity index (χ2v) is 4.53. The summed E-state index contributed by atoms with van der Waals surface area (Å²) < 4.78 is 10.7. The molecular weight excluding hydrogens is 240 g/mol. The summed E-state index contributed by atoms with van der Waals surface area (Å²) in [6.45, 7) is 1.09. The molecule has 17 heavy (non-hydrogen) atoms. The quantitative estimate of drug-likeness (QED) is 0.778. The highest BCUT2D eigenvalue weighted by Crippen LogP contribution is 2.31. The van der Waals surface area contributed by atoms with Crippen LogP contribution in [0.2, 0.25) is 5.02 Å². The van der Waals surface area contributed by atoms with E-state index in [1.165, 1.54) is 0 Å². The highest BCUT2D eigenvalue weighted by atomic mass is 35.5. The minimum atomic E-state index is -0.775. The Balaban J connectivity index is 2.32. The van der Waals surface area contributed by atoms with E-state index in [0.717, 1.165) is 0 Å². The van der Waals surface area contributed by atoms with E-state index in [1.54, 1.807) is 19.2 Å². The Hall–Kier alpha value is -0.900. The van der Waals surface area contributed by atoms with Crippen molar-refractivity contribution in [2.24, 2.45) is 0 Å². The van der Waals surface area contributed by atoms with Crippen molar-refractivity contribution < 1.29 is 14.3 Å². The average Bonchev–Trinajstić information content (AvgIpc) is 2.39. The highest BCUT2D eigenvalue weighted by molar-refractivity contribution is 6.34. The molecule has 0 radical (unpaired) electrons. The molecular formula is C13H15ClO3. The number of halogens is 1. The summed E-state index contributed by atoms with van der Waals surface area (Å²) in [7, 11) is 1.57. The number of carbonyl (C=O) groups excluding carboxylic acids is 1. The molecule has 0 aliphatic carbocycles. The third-order valence-corrected chi connectivity index (χ3v) is 3.55. The Morgan fingerprint density at radius 1 is 1.35 bits per heavy atom. The van der Waals surface area contributed by atoms with Crippen molar-refractivity contribution >= 4 is 17.4 Å². The molecule has 1 saturated heterocycles. The lowest BCUT2D eigenvalue weighted by atomic mass is 9.85. The maximum absolute atomic E-state index is 12.5. The topological polar surface area (TPSA) is 35.5 Å². The molecule has 3 nitrogen and oxygen atoms in total. The molecule has 1 heterocycles. The summed E-state index contributed by atoms with van der Waals surface area (Å²) >= 11 is 6.05. The Morgan fingerprint density at radius 3 is 2.59 bits per heavy atom. The second kappa shape index (κ2) is 5.17. The molecule has 0 N–H and O–H groups in total. The number of methoxy groups -OCH3 is 1. The molecule has 0 bridgehead atoms. The number of benzene rings is 1. The van der Waals surface area contributed by atoms with Crippen LogP contribution in [-0.2, 0) is 9.47 Å². The molecule has 1 aromatic carbocycles. The summed E-state index contributed by atoms with van der Waals surface area (Å²) in [6, 6.07) is 7.07. The number of Topliss-reactive ketones (excluding diaryl/α,β-unsaturated/α-hetero) is 1. The van der Waals surface area contributed by atoms with E-state index < -0.39 is 5.60 Å². The van der Waals surface area contributed by atoms with Crippen LogP contribution in [0.15, 0.2) is 24.3 Å². The van der Waals surface area contributed by atoms with Gasteiger partial charge in [-0.3, -0.25) is 4.79 Å². The SMILES string of the molecule is COC1(C(=O)c2ccccc2Cl)CCOCC1. The van der Waals surface area contributed by atoms with Crippen LogP contribution in [0.3, 0.4) is 0 Å². The van der Waals surface area contributed by atoms with E-state index in [1.807, 2.05) is 12.1 Å². The Bertz CT molecular complexity index is 411. The summed E-state index contributed by atoms with van der Waals surface area (Å²) in [5.41, 5.74) is -0.249. The van der Waals surface area contributed by atoms with Crippen molar-refractivity contribution in [2.75, 3.05) is 20.3 Å². The zero-order valence-electron chi connectivity index (χ0n) is 9.74. The van der Waals surface area contributed by atoms with E-state index in [4.69, 9.17) is 21.1 Å². The van der Waals surface area contributed by atoms with Gasteiger partial charge in [-0.1, -0.05) is 23.7 Å². The first-order chi connectivity index (χ1) is 8.19. The predicted molar refractivity (Wildman–Crippen MR) is 65.6 cm³/mol. The Morgan fingerprint density at radius 2 is 2.00 bits per heavy atom. The number of ether oxygens (including phenoxy) is 2. The van der Waals surface area contributed by atoms with Gasteiger partial charge in [-0.15, -0.1) is 0 Å². The van der Waals surface area contributed by atoms with E-state index in [-0.39, 0.29) is 5.78 Å². The van der Waals surface area contributed by atoms with Crippen LogP contribution in [0, 0.1) is 0 Å². The van der Waals surface area contributed by atoms with Crippen LogP contribution >= 0.6 is 11.6 Å². The number of hydrogen-bond donors (Lipinski definition) is 0. The molecule has 0 saturated carbocycles. The van der Waals surface area contributed by atoms with Gasteiger partial charge in [0.2, 0.25) is 0 Å². The van der Waals surface area contributed by atoms with Gasteiger partial charge in [0.05, 0.1) is 5.02 Å². The Labute approximate surface area is 106 Å². The van der Waals surface area contributed by atoms with Gasteiger partial charge < -0.3 is 9.47 Å². The molecule has 0 spiro atoms. The van der Waals surface area contributed by atoms with Crippen molar-refractivity contribution in [3.8, 4) is 0 Å². The van der Waals surface area contributed by atoms with Crippen LogP contribution in [0.25, 0.3) is 0 Å². The molecule has 1 aliphatic heterocycles. The summed E-state index contributed by atoms with van der Waals surface area (Å²) in [5, 5.41) is 0.473. The second-order valence-electron chi connectivity index (χ2n) is 4.12. The van der Waals surface area contributed by atoms with Crippen LogP contribution in [0.5, 0.6) is 0 Å². The standard InChI is InChI=1S/C13H15ClO3/c1-16-13(6-8-17-9-7-13)12(15)10-4-2-3-5-11(10)14/h2-5H,6-9H2,1H3. The van der Waals surface area contributed by atoms with Crippen molar-refractivity contribution in [1.29, 1.82) is 0 Å². The number of hydrogen-bond acceptors (Lipinski definition) is 3. The van der Waals surface area contributed by atoms with Gasteiger partial charge in [0, 0.05) is 38.7 Å². The lowest BCUT2D eigenvalue weighted by Crippen LogP contribution is -2.45. The minimum Gasteiger partial charge on any atom is -0.381 e. The summed E-state index contributed by atoms with van der Waals surface area (Å²) in [6.07, 6.45) is 1.15. The third-order valence-electron chi connectivity index (χ3n) is 3.22. The van der Waals surface area contributed by atoms with Gasteiger partial charge in [0.15, 0.2) is 5.78 Å². The number of carbonyl (C=O) groups is 1. The van der Waals surface area contributed by atoms with Crippen LogP contribution in [0.4, 0.5) is 0 Å². The van der Waals surface area contributed by atoms with E-state index in [2.05, 4.69) is 0 Å². The molecule has 1 aromatic rings. The minimum absolute atomic E-state index is 0.0473. The molecule has 0 amide bonds. The molecule has 0 atom stereocenters. The maximum atomic E-state index is 12.5. The lowest BCUT2D eigenvalue weighted by molar-refractivity contribution is -0.0663. The van der Waals surface area contributed by atoms with Crippen molar-refractivity contribution in [3.05, 3.63) is 34.9 Å². The highest BCUT2D eigenvalue weighted by Gasteiger charge is 2.41. The largest absolute Gasteiger partial charge is 0.381 e. The van der Waals surface area contributed by atoms with Gasteiger partial charge in [0.1, 0.15) is 5.60 Å². The van der Waals surface area contributed by atoms with E-state index in [0.29, 0.717) is 36.6 Å². The van der Waals surface area contributed by atoms with Gasteiger partial charge in [-0.25, -0.2) is 0 Å². The molecule has 4 heteroatoms. The van der Waals surface area contributed by atoms with Crippen molar-refractivity contribution in [2.45, 2.75) is 18.4 Å². The van der Waals surface area contributed by atoms with Crippen molar-refractivity contribution in [3.63, 3.8) is 0 Å². The maximum Gasteiger partial charge on any atom is 0.196 e. The smallest absolute Gasteiger partial charge is 0.196 e. The lowest BCUT2D eigenvalue weighted by Gasteiger charge is -2.34.